The predicted molar refractivity (Wildman–Crippen MR) is 76.6 cm³/mol. The highest BCUT2D eigenvalue weighted by Crippen LogP contribution is 2.51. The van der Waals surface area contributed by atoms with Crippen molar-refractivity contribution in [3.05, 3.63) is 21.3 Å². The molecule has 0 aromatic carbocycles. The highest BCUT2D eigenvalue weighted by molar-refractivity contribution is 7.16. The first kappa shape index (κ1) is 13.4. The Balaban J connectivity index is 2.21. The van der Waals surface area contributed by atoms with Gasteiger partial charge in [0.15, 0.2) is 0 Å². The van der Waals surface area contributed by atoms with Crippen LogP contribution < -0.4 is 5.73 Å². The molecule has 1 saturated carbocycles. The summed E-state index contributed by atoms with van der Waals surface area (Å²) in [5.41, 5.74) is 6.87. The average molecular weight is 272 g/mol. The van der Waals surface area contributed by atoms with E-state index >= 15 is 0 Å². The molecule has 0 amide bonds. The van der Waals surface area contributed by atoms with Gasteiger partial charge in [-0.25, -0.2) is 0 Å². The highest BCUT2D eigenvalue weighted by Gasteiger charge is 2.40. The normalized spacial score (nSPS) is 21.0. The zero-order chi connectivity index (χ0) is 12.5. The fourth-order valence-electron chi connectivity index (χ4n) is 3.33. The Labute approximate surface area is 113 Å². The van der Waals surface area contributed by atoms with E-state index in [-0.39, 0.29) is 6.04 Å². The van der Waals surface area contributed by atoms with E-state index in [1.54, 1.807) is 11.3 Å². The summed E-state index contributed by atoms with van der Waals surface area (Å²) in [6.07, 6.45) is 6.46. The van der Waals surface area contributed by atoms with Gasteiger partial charge in [-0.2, -0.15) is 0 Å². The second-order valence-corrected chi connectivity index (χ2v) is 7.53. The molecule has 0 aliphatic heterocycles. The molecule has 1 fully saturated rings. The quantitative estimate of drug-likeness (QED) is 0.819. The first-order chi connectivity index (χ1) is 8.03. The lowest BCUT2D eigenvalue weighted by Gasteiger charge is -2.36. The Bertz CT molecular complexity index is 366. The van der Waals surface area contributed by atoms with Crippen LogP contribution in [0, 0.1) is 11.3 Å². The summed E-state index contributed by atoms with van der Waals surface area (Å²) in [5.74, 6) is 0.717. The smallest absolute Gasteiger partial charge is 0.0931 e. The molecule has 0 radical (unpaired) electrons. The van der Waals surface area contributed by atoms with Crippen LogP contribution in [-0.2, 0) is 0 Å². The number of nitrogens with two attached hydrogens (primary N) is 1. The van der Waals surface area contributed by atoms with E-state index in [2.05, 4.69) is 19.9 Å². The van der Waals surface area contributed by atoms with Crippen molar-refractivity contribution in [1.82, 2.24) is 0 Å². The van der Waals surface area contributed by atoms with E-state index in [0.29, 0.717) is 5.41 Å². The monoisotopic (exact) mass is 271 g/mol. The minimum Gasteiger partial charge on any atom is -0.323 e. The molecule has 0 saturated heterocycles. The molecule has 1 unspecified atom stereocenters. The minimum atomic E-state index is 0.171. The van der Waals surface area contributed by atoms with Crippen LogP contribution in [-0.4, -0.2) is 0 Å². The fourth-order valence-corrected chi connectivity index (χ4v) is 4.54. The van der Waals surface area contributed by atoms with E-state index in [0.717, 1.165) is 10.3 Å². The first-order valence-corrected chi connectivity index (χ1v) is 7.74. The average Bonchev–Trinajstić information content (AvgIpc) is 2.86. The van der Waals surface area contributed by atoms with Gasteiger partial charge in [0.05, 0.1) is 4.34 Å². The topological polar surface area (TPSA) is 26.0 Å². The molecular formula is C14H22ClNS. The third-order valence-electron chi connectivity index (χ3n) is 3.97. The Morgan fingerprint density at radius 2 is 2.00 bits per heavy atom. The molecule has 0 spiro atoms. The highest BCUT2D eigenvalue weighted by atomic mass is 35.5. The van der Waals surface area contributed by atoms with Crippen LogP contribution in [0.1, 0.15) is 56.9 Å². The summed E-state index contributed by atoms with van der Waals surface area (Å²) in [7, 11) is 0. The van der Waals surface area contributed by atoms with Crippen LogP contribution in [0.4, 0.5) is 0 Å². The number of hydrogen-bond donors (Lipinski definition) is 1. The Morgan fingerprint density at radius 3 is 2.47 bits per heavy atom. The van der Waals surface area contributed by atoms with Crippen molar-refractivity contribution >= 4 is 22.9 Å². The van der Waals surface area contributed by atoms with Crippen LogP contribution in [0.5, 0.6) is 0 Å². The van der Waals surface area contributed by atoms with Gasteiger partial charge in [0, 0.05) is 10.9 Å². The molecule has 96 valence electrons. The van der Waals surface area contributed by atoms with Crippen molar-refractivity contribution in [3.63, 3.8) is 0 Å². The maximum Gasteiger partial charge on any atom is 0.0931 e. The molecule has 17 heavy (non-hydrogen) atoms. The molecule has 1 aliphatic rings. The van der Waals surface area contributed by atoms with E-state index in [1.165, 1.54) is 37.0 Å². The summed E-state index contributed by atoms with van der Waals surface area (Å²) in [4.78, 5) is 1.26. The zero-order valence-corrected chi connectivity index (χ0v) is 12.3. The van der Waals surface area contributed by atoms with Crippen molar-refractivity contribution in [1.29, 1.82) is 0 Å². The van der Waals surface area contributed by atoms with Gasteiger partial charge in [0.2, 0.25) is 0 Å². The Kier molecular flexibility index (Phi) is 4.17. The summed E-state index contributed by atoms with van der Waals surface area (Å²) in [6.45, 7) is 4.60. The second kappa shape index (κ2) is 5.29. The van der Waals surface area contributed by atoms with Gasteiger partial charge in [-0.1, -0.05) is 38.3 Å². The Hall–Kier alpha value is -0.0500. The maximum atomic E-state index is 6.55. The number of rotatable bonds is 4. The number of hydrogen-bond acceptors (Lipinski definition) is 2. The number of halogens is 1. The van der Waals surface area contributed by atoms with Gasteiger partial charge in [0.1, 0.15) is 0 Å². The largest absolute Gasteiger partial charge is 0.323 e. The van der Waals surface area contributed by atoms with Crippen LogP contribution in [0.3, 0.4) is 0 Å². The van der Waals surface area contributed by atoms with Crippen LogP contribution in [0.2, 0.25) is 4.34 Å². The van der Waals surface area contributed by atoms with Crippen molar-refractivity contribution in [2.75, 3.05) is 0 Å². The summed E-state index contributed by atoms with van der Waals surface area (Å²) in [5, 5.41) is 0. The lowest BCUT2D eigenvalue weighted by molar-refractivity contribution is 0.185. The third-order valence-corrected chi connectivity index (χ3v) is 5.29. The van der Waals surface area contributed by atoms with Crippen LogP contribution in [0.15, 0.2) is 12.1 Å². The molecule has 2 rings (SSSR count). The Morgan fingerprint density at radius 1 is 1.35 bits per heavy atom. The molecule has 2 N–H and O–H groups in total. The molecule has 1 aromatic heterocycles. The van der Waals surface area contributed by atoms with Gasteiger partial charge < -0.3 is 5.73 Å². The van der Waals surface area contributed by atoms with E-state index in [4.69, 9.17) is 17.3 Å². The standard InChI is InChI=1S/C14H22ClNS/c1-10(2)9-14(7-3-4-8-14)13(16)11-5-6-12(15)17-11/h5-6,10,13H,3-4,7-9,16H2,1-2H3. The zero-order valence-electron chi connectivity index (χ0n) is 10.7. The van der Waals surface area contributed by atoms with E-state index < -0.39 is 0 Å². The third kappa shape index (κ3) is 2.86. The predicted octanol–water partition coefficient (Wildman–Crippen LogP) is 5.01. The van der Waals surface area contributed by atoms with Crippen LogP contribution >= 0.6 is 22.9 Å². The molecule has 0 bridgehead atoms. The summed E-state index contributed by atoms with van der Waals surface area (Å²) >= 11 is 7.67. The molecule has 1 aliphatic carbocycles. The molecule has 1 heterocycles. The fraction of sp³-hybridized carbons (Fsp3) is 0.714. The van der Waals surface area contributed by atoms with Gasteiger partial charge in [-0.05, 0) is 42.7 Å². The SMILES string of the molecule is CC(C)CC1(C(N)c2ccc(Cl)s2)CCCC1. The molecule has 3 heteroatoms. The van der Waals surface area contributed by atoms with Gasteiger partial charge in [-0.15, -0.1) is 11.3 Å². The molecular weight excluding hydrogens is 250 g/mol. The van der Waals surface area contributed by atoms with Crippen molar-refractivity contribution < 1.29 is 0 Å². The molecule has 1 atom stereocenters. The molecule has 1 nitrogen and oxygen atoms in total. The first-order valence-electron chi connectivity index (χ1n) is 6.54. The lowest BCUT2D eigenvalue weighted by Crippen LogP contribution is -2.33. The lowest BCUT2D eigenvalue weighted by atomic mass is 9.72. The van der Waals surface area contributed by atoms with Gasteiger partial charge in [0.25, 0.3) is 0 Å². The maximum absolute atomic E-state index is 6.55. The van der Waals surface area contributed by atoms with Crippen LogP contribution in [0.25, 0.3) is 0 Å². The van der Waals surface area contributed by atoms with E-state index in [1.807, 2.05) is 6.07 Å². The number of thiophene rings is 1. The summed E-state index contributed by atoms with van der Waals surface area (Å²) < 4.78 is 0.855. The minimum absolute atomic E-state index is 0.171. The van der Waals surface area contributed by atoms with Crippen molar-refractivity contribution in [3.8, 4) is 0 Å². The van der Waals surface area contributed by atoms with Gasteiger partial charge in [-0.3, -0.25) is 0 Å². The van der Waals surface area contributed by atoms with E-state index in [9.17, 15) is 0 Å². The van der Waals surface area contributed by atoms with Crippen molar-refractivity contribution in [2.24, 2.45) is 17.1 Å². The molecule has 1 aromatic rings. The second-order valence-electron chi connectivity index (χ2n) is 5.79. The van der Waals surface area contributed by atoms with Gasteiger partial charge >= 0.3 is 0 Å². The van der Waals surface area contributed by atoms with Crippen molar-refractivity contribution in [2.45, 2.75) is 52.0 Å². The summed E-state index contributed by atoms with van der Waals surface area (Å²) in [6, 6.07) is 4.25.